The molecule has 1 amide bonds. The molecule has 4 N–H and O–H groups in total. The number of hydrogen-bond donors (Lipinski definition) is 3. The molecule has 0 aliphatic carbocycles. The Morgan fingerprint density at radius 2 is 2.36 bits per heavy atom. The molecular weight excluding hydrogens is 300 g/mol. The molecule has 1 unspecified atom stereocenters. The van der Waals surface area contributed by atoms with Crippen LogP contribution in [0.25, 0.3) is 0 Å². The molecule has 0 bridgehead atoms. The summed E-state index contributed by atoms with van der Waals surface area (Å²) in [5, 5.41) is 7.28. The van der Waals surface area contributed by atoms with Crippen molar-refractivity contribution in [3.8, 4) is 0 Å². The molecule has 0 saturated carbocycles. The number of anilines is 1. The molecule has 122 valence electrons. The Hall–Kier alpha value is -1.30. The Bertz CT molecular complexity index is 509. The second-order valence-electron chi connectivity index (χ2n) is 5.82. The van der Waals surface area contributed by atoms with Crippen molar-refractivity contribution >= 4 is 23.2 Å². The van der Waals surface area contributed by atoms with E-state index in [4.69, 9.17) is 17.3 Å². The van der Waals surface area contributed by atoms with Crippen LogP contribution >= 0.6 is 11.6 Å². The van der Waals surface area contributed by atoms with Gasteiger partial charge in [-0.1, -0.05) is 17.7 Å². The molecule has 1 heterocycles. The Labute approximate surface area is 137 Å². The Balaban J connectivity index is 1.96. The van der Waals surface area contributed by atoms with Crippen molar-refractivity contribution in [1.29, 1.82) is 0 Å². The first-order valence-corrected chi connectivity index (χ1v) is 8.20. The van der Waals surface area contributed by atoms with Gasteiger partial charge in [-0.2, -0.15) is 0 Å². The maximum atomic E-state index is 10.7. The predicted octanol–water partition coefficient (Wildman–Crippen LogP) is 1.15. The summed E-state index contributed by atoms with van der Waals surface area (Å²) in [6, 6.07) is 6.60. The smallest absolute Gasteiger partial charge is 0.231 e. The molecule has 2 rings (SSSR count). The van der Waals surface area contributed by atoms with Gasteiger partial charge in [0.05, 0.1) is 6.54 Å². The van der Waals surface area contributed by atoms with Crippen LogP contribution in [-0.4, -0.2) is 44.7 Å². The minimum absolute atomic E-state index is 0.239. The van der Waals surface area contributed by atoms with E-state index in [1.54, 1.807) is 0 Å². The molecule has 0 aromatic heterocycles. The van der Waals surface area contributed by atoms with Gasteiger partial charge in [0.1, 0.15) is 0 Å². The number of halogens is 1. The average Bonchev–Trinajstić information content (AvgIpc) is 2.48. The Morgan fingerprint density at radius 1 is 1.55 bits per heavy atom. The summed E-state index contributed by atoms with van der Waals surface area (Å²) in [5.41, 5.74) is 7.65. The molecular formula is C16H25ClN4O. The molecule has 1 atom stereocenters. The van der Waals surface area contributed by atoms with Crippen molar-refractivity contribution in [3.63, 3.8) is 0 Å². The molecule has 1 fully saturated rings. The molecule has 0 spiro atoms. The van der Waals surface area contributed by atoms with Crippen LogP contribution in [0, 0.1) is 0 Å². The van der Waals surface area contributed by atoms with Crippen LogP contribution in [-0.2, 0) is 11.2 Å². The van der Waals surface area contributed by atoms with E-state index in [2.05, 4.69) is 34.6 Å². The first-order chi connectivity index (χ1) is 10.6. The maximum Gasteiger partial charge on any atom is 0.231 e. The van der Waals surface area contributed by atoms with Gasteiger partial charge < -0.3 is 21.3 Å². The van der Waals surface area contributed by atoms with E-state index in [0.717, 1.165) is 44.0 Å². The van der Waals surface area contributed by atoms with Crippen molar-refractivity contribution in [3.05, 3.63) is 28.8 Å². The van der Waals surface area contributed by atoms with Crippen LogP contribution in [0.1, 0.15) is 18.9 Å². The zero-order chi connectivity index (χ0) is 15.9. The molecule has 1 saturated heterocycles. The van der Waals surface area contributed by atoms with Gasteiger partial charge >= 0.3 is 0 Å². The van der Waals surface area contributed by atoms with Crippen LogP contribution < -0.4 is 21.3 Å². The largest absolute Gasteiger partial charge is 0.369 e. The van der Waals surface area contributed by atoms with E-state index >= 15 is 0 Å². The van der Waals surface area contributed by atoms with E-state index in [1.165, 1.54) is 11.3 Å². The predicted molar refractivity (Wildman–Crippen MR) is 91.5 cm³/mol. The summed E-state index contributed by atoms with van der Waals surface area (Å²) in [6.45, 7) is 6.20. The van der Waals surface area contributed by atoms with E-state index in [0.29, 0.717) is 6.04 Å². The number of carbonyl (C=O) groups excluding carboxylic acids is 1. The highest BCUT2D eigenvalue weighted by atomic mass is 35.5. The number of nitrogens with one attached hydrogen (secondary N) is 2. The molecule has 1 aromatic carbocycles. The number of piperazine rings is 1. The molecule has 1 aromatic rings. The average molecular weight is 325 g/mol. The van der Waals surface area contributed by atoms with Crippen LogP contribution in [0.3, 0.4) is 0 Å². The van der Waals surface area contributed by atoms with Crippen molar-refractivity contribution in [2.45, 2.75) is 25.8 Å². The summed E-state index contributed by atoms with van der Waals surface area (Å²) in [7, 11) is 0. The second-order valence-corrected chi connectivity index (χ2v) is 6.26. The molecule has 22 heavy (non-hydrogen) atoms. The standard InChI is InChI=1S/C16H25ClN4O/c1-12-11-21(8-7-20-12)15-9-14(17)5-4-13(15)3-2-6-19-10-16(18)22/h4-5,9,12,19-20H,2-3,6-8,10-11H2,1H3,(H2,18,22). The fourth-order valence-electron chi connectivity index (χ4n) is 2.81. The van der Waals surface area contributed by atoms with Crippen molar-refractivity contribution < 1.29 is 4.79 Å². The van der Waals surface area contributed by atoms with Crippen LogP contribution in [0.15, 0.2) is 18.2 Å². The lowest BCUT2D eigenvalue weighted by molar-refractivity contribution is -0.117. The molecule has 5 nitrogen and oxygen atoms in total. The van der Waals surface area contributed by atoms with Crippen molar-refractivity contribution in [2.24, 2.45) is 5.73 Å². The topological polar surface area (TPSA) is 70.4 Å². The van der Waals surface area contributed by atoms with Gasteiger partial charge in [0, 0.05) is 36.4 Å². The third kappa shape index (κ3) is 5.16. The number of hydrogen-bond acceptors (Lipinski definition) is 4. The minimum atomic E-state index is -0.318. The summed E-state index contributed by atoms with van der Waals surface area (Å²) in [5.74, 6) is -0.318. The Morgan fingerprint density at radius 3 is 3.09 bits per heavy atom. The third-order valence-corrected chi connectivity index (χ3v) is 4.09. The molecule has 0 radical (unpaired) electrons. The summed E-state index contributed by atoms with van der Waals surface area (Å²) >= 11 is 6.19. The van der Waals surface area contributed by atoms with Gasteiger partial charge in [0.25, 0.3) is 0 Å². The first kappa shape index (κ1) is 17.1. The molecule has 1 aliphatic rings. The van der Waals surface area contributed by atoms with Gasteiger partial charge in [-0.25, -0.2) is 0 Å². The number of rotatable bonds is 7. The van der Waals surface area contributed by atoms with Gasteiger partial charge in [-0.05, 0) is 44.0 Å². The van der Waals surface area contributed by atoms with Crippen molar-refractivity contribution in [2.75, 3.05) is 37.6 Å². The van der Waals surface area contributed by atoms with Gasteiger partial charge in [0.2, 0.25) is 5.91 Å². The molecule has 1 aliphatic heterocycles. The number of nitrogens with zero attached hydrogens (tertiary/aromatic N) is 1. The number of nitrogens with two attached hydrogens (primary N) is 1. The second kappa shape index (κ2) is 8.36. The quantitative estimate of drug-likeness (QED) is 0.658. The maximum absolute atomic E-state index is 10.7. The van der Waals surface area contributed by atoms with E-state index < -0.39 is 0 Å². The number of amides is 1. The van der Waals surface area contributed by atoms with E-state index in [1.807, 2.05) is 6.07 Å². The summed E-state index contributed by atoms with van der Waals surface area (Å²) < 4.78 is 0. The number of aryl methyl sites for hydroxylation is 1. The number of primary amides is 1. The lowest BCUT2D eigenvalue weighted by atomic mass is 10.0. The third-order valence-electron chi connectivity index (χ3n) is 3.86. The monoisotopic (exact) mass is 324 g/mol. The highest BCUT2D eigenvalue weighted by molar-refractivity contribution is 6.30. The zero-order valence-corrected chi connectivity index (χ0v) is 13.8. The van der Waals surface area contributed by atoms with Crippen LogP contribution in [0.2, 0.25) is 5.02 Å². The fourth-order valence-corrected chi connectivity index (χ4v) is 2.98. The first-order valence-electron chi connectivity index (χ1n) is 7.82. The zero-order valence-electron chi connectivity index (χ0n) is 13.1. The number of benzene rings is 1. The van der Waals surface area contributed by atoms with E-state index in [9.17, 15) is 4.79 Å². The summed E-state index contributed by atoms with van der Waals surface area (Å²) in [6.07, 6.45) is 1.92. The van der Waals surface area contributed by atoms with Gasteiger partial charge in [0.15, 0.2) is 0 Å². The van der Waals surface area contributed by atoms with Crippen LogP contribution in [0.5, 0.6) is 0 Å². The summed E-state index contributed by atoms with van der Waals surface area (Å²) in [4.78, 5) is 13.1. The van der Waals surface area contributed by atoms with Gasteiger partial charge in [-0.3, -0.25) is 4.79 Å². The van der Waals surface area contributed by atoms with E-state index in [-0.39, 0.29) is 12.5 Å². The number of carbonyl (C=O) groups is 1. The van der Waals surface area contributed by atoms with Crippen molar-refractivity contribution in [1.82, 2.24) is 10.6 Å². The highest BCUT2D eigenvalue weighted by Gasteiger charge is 2.18. The lowest BCUT2D eigenvalue weighted by Crippen LogP contribution is -2.49. The normalized spacial score (nSPS) is 18.5. The SMILES string of the molecule is CC1CN(c2cc(Cl)ccc2CCCNCC(N)=O)CCN1. The minimum Gasteiger partial charge on any atom is -0.369 e. The lowest BCUT2D eigenvalue weighted by Gasteiger charge is -2.35. The molecule has 6 heteroatoms. The Kier molecular flexibility index (Phi) is 6.49. The fraction of sp³-hybridized carbons (Fsp3) is 0.562. The van der Waals surface area contributed by atoms with Crippen LogP contribution in [0.4, 0.5) is 5.69 Å². The highest BCUT2D eigenvalue weighted by Crippen LogP contribution is 2.27. The van der Waals surface area contributed by atoms with Gasteiger partial charge in [-0.15, -0.1) is 0 Å².